The van der Waals surface area contributed by atoms with Gasteiger partial charge in [0.1, 0.15) is 5.75 Å². The highest BCUT2D eigenvalue weighted by atomic mass is 28.4. The first-order valence-electron chi connectivity index (χ1n) is 10.1. The van der Waals surface area contributed by atoms with Gasteiger partial charge in [-0.3, -0.25) is 4.79 Å². The Morgan fingerprint density at radius 2 is 1.59 bits per heavy atom. The Morgan fingerprint density at radius 1 is 0.931 bits per heavy atom. The van der Waals surface area contributed by atoms with Gasteiger partial charge in [0.25, 0.3) is 5.56 Å². The topological polar surface area (TPSA) is 44.1 Å². The van der Waals surface area contributed by atoms with Crippen LogP contribution in [0.2, 0.25) is 18.1 Å². The standard InChI is InChI=1S/C24H30N2O2Si/c1-24(2,3)29(4,5)28-21-13-11-19(12-14-21)17-18-26-23(27)16-15-22(25-26)20-9-7-6-8-10-20/h6-16H,17-18H2,1-5H3. The summed E-state index contributed by atoms with van der Waals surface area (Å²) in [5.41, 5.74) is 2.89. The molecule has 3 aromatic rings. The van der Waals surface area contributed by atoms with Crippen molar-refractivity contribution >= 4 is 8.32 Å². The van der Waals surface area contributed by atoms with E-state index < -0.39 is 8.32 Å². The second-order valence-corrected chi connectivity index (χ2v) is 13.6. The first kappa shape index (κ1) is 21.1. The monoisotopic (exact) mass is 406 g/mol. The second-order valence-electron chi connectivity index (χ2n) is 8.90. The zero-order valence-electron chi connectivity index (χ0n) is 18.0. The number of benzene rings is 2. The summed E-state index contributed by atoms with van der Waals surface area (Å²) in [6, 6.07) is 21.5. The van der Waals surface area contributed by atoms with Gasteiger partial charge in [-0.2, -0.15) is 5.10 Å². The maximum Gasteiger partial charge on any atom is 0.266 e. The third-order valence-corrected chi connectivity index (χ3v) is 10.0. The highest BCUT2D eigenvalue weighted by Gasteiger charge is 2.38. The number of aromatic nitrogens is 2. The minimum absolute atomic E-state index is 0.0810. The summed E-state index contributed by atoms with van der Waals surface area (Å²) in [5.74, 6) is 0.918. The third kappa shape index (κ3) is 5.24. The molecule has 0 unspecified atom stereocenters. The molecule has 0 saturated heterocycles. The van der Waals surface area contributed by atoms with E-state index >= 15 is 0 Å². The number of rotatable bonds is 6. The summed E-state index contributed by atoms with van der Waals surface area (Å²) >= 11 is 0. The molecule has 29 heavy (non-hydrogen) atoms. The Bertz CT molecular complexity index is 1000. The van der Waals surface area contributed by atoms with Gasteiger partial charge in [0, 0.05) is 18.2 Å². The minimum atomic E-state index is -1.84. The van der Waals surface area contributed by atoms with Gasteiger partial charge in [-0.15, -0.1) is 0 Å². The molecule has 0 N–H and O–H groups in total. The van der Waals surface area contributed by atoms with Crippen LogP contribution >= 0.6 is 0 Å². The van der Waals surface area contributed by atoms with E-state index in [0.717, 1.165) is 29.0 Å². The first-order chi connectivity index (χ1) is 13.7. The lowest BCUT2D eigenvalue weighted by Crippen LogP contribution is -2.43. The largest absolute Gasteiger partial charge is 0.544 e. The molecule has 1 aromatic heterocycles. The molecule has 0 amide bonds. The van der Waals surface area contributed by atoms with Gasteiger partial charge in [-0.05, 0) is 48.3 Å². The van der Waals surface area contributed by atoms with Crippen LogP contribution in [-0.2, 0) is 13.0 Å². The van der Waals surface area contributed by atoms with Gasteiger partial charge in [0.2, 0.25) is 8.32 Å². The van der Waals surface area contributed by atoms with E-state index in [1.165, 1.54) is 0 Å². The van der Waals surface area contributed by atoms with Gasteiger partial charge in [-0.1, -0.05) is 63.2 Å². The zero-order valence-corrected chi connectivity index (χ0v) is 19.0. The number of nitrogens with zero attached hydrogens (tertiary/aromatic N) is 2. The van der Waals surface area contributed by atoms with Crippen molar-refractivity contribution in [3.63, 3.8) is 0 Å². The molecule has 0 fully saturated rings. The van der Waals surface area contributed by atoms with Crippen molar-refractivity contribution in [1.82, 2.24) is 9.78 Å². The van der Waals surface area contributed by atoms with E-state index in [9.17, 15) is 4.79 Å². The van der Waals surface area contributed by atoms with E-state index in [2.05, 4.69) is 51.1 Å². The van der Waals surface area contributed by atoms with Crippen molar-refractivity contribution in [3.8, 4) is 17.0 Å². The molecule has 0 bridgehead atoms. The highest BCUT2D eigenvalue weighted by molar-refractivity contribution is 6.74. The van der Waals surface area contributed by atoms with Crippen LogP contribution in [-0.4, -0.2) is 18.1 Å². The van der Waals surface area contributed by atoms with Gasteiger partial charge in [0.15, 0.2) is 0 Å². The van der Waals surface area contributed by atoms with Crippen molar-refractivity contribution < 1.29 is 4.43 Å². The Labute approximate surface area is 174 Å². The highest BCUT2D eigenvalue weighted by Crippen LogP contribution is 2.37. The fourth-order valence-corrected chi connectivity index (χ4v) is 3.81. The average molecular weight is 407 g/mol. The lowest BCUT2D eigenvalue weighted by atomic mass is 10.1. The molecular weight excluding hydrogens is 376 g/mol. The van der Waals surface area contributed by atoms with Crippen LogP contribution in [0.4, 0.5) is 0 Å². The van der Waals surface area contributed by atoms with Crippen molar-refractivity contribution in [2.24, 2.45) is 0 Å². The van der Waals surface area contributed by atoms with Crippen LogP contribution in [0.25, 0.3) is 11.3 Å². The predicted octanol–water partition coefficient (Wildman–Crippen LogP) is 5.54. The summed E-state index contributed by atoms with van der Waals surface area (Å²) in [4.78, 5) is 12.2. The lowest BCUT2D eigenvalue weighted by molar-refractivity contribution is 0.492. The van der Waals surface area contributed by atoms with Gasteiger partial charge >= 0.3 is 0 Å². The Balaban J connectivity index is 1.68. The Kier molecular flexibility index (Phi) is 6.08. The molecule has 0 aliphatic rings. The third-order valence-electron chi connectivity index (χ3n) is 5.65. The van der Waals surface area contributed by atoms with Crippen molar-refractivity contribution in [2.75, 3.05) is 0 Å². The minimum Gasteiger partial charge on any atom is -0.544 e. The average Bonchev–Trinajstić information content (AvgIpc) is 2.68. The van der Waals surface area contributed by atoms with Gasteiger partial charge in [0.05, 0.1) is 5.69 Å². The molecule has 5 heteroatoms. The van der Waals surface area contributed by atoms with Gasteiger partial charge < -0.3 is 4.43 Å². The molecule has 0 aliphatic carbocycles. The summed E-state index contributed by atoms with van der Waals surface area (Å²) in [6.07, 6.45) is 0.742. The van der Waals surface area contributed by atoms with Crippen molar-refractivity contribution in [3.05, 3.63) is 82.6 Å². The predicted molar refractivity (Wildman–Crippen MR) is 122 cm³/mol. The summed E-state index contributed by atoms with van der Waals surface area (Å²) in [5, 5.41) is 4.70. The van der Waals surface area contributed by atoms with Gasteiger partial charge in [-0.25, -0.2) is 4.68 Å². The molecule has 0 spiro atoms. The normalized spacial score (nSPS) is 12.0. The first-order valence-corrected chi connectivity index (χ1v) is 13.0. The fraction of sp³-hybridized carbons (Fsp3) is 0.333. The number of hydrogen-bond donors (Lipinski definition) is 0. The summed E-state index contributed by atoms with van der Waals surface area (Å²) in [6.45, 7) is 11.8. The smallest absolute Gasteiger partial charge is 0.266 e. The second kappa shape index (κ2) is 8.37. The Morgan fingerprint density at radius 3 is 2.21 bits per heavy atom. The molecule has 0 aliphatic heterocycles. The summed E-state index contributed by atoms with van der Waals surface area (Å²) in [7, 11) is -1.84. The van der Waals surface area contributed by atoms with E-state index in [0.29, 0.717) is 6.54 Å². The number of hydrogen-bond acceptors (Lipinski definition) is 3. The number of aryl methyl sites for hydroxylation is 2. The van der Waals surface area contributed by atoms with Crippen molar-refractivity contribution in [1.29, 1.82) is 0 Å². The molecule has 152 valence electrons. The van der Waals surface area contributed by atoms with Crippen LogP contribution in [0.3, 0.4) is 0 Å². The molecule has 2 aromatic carbocycles. The molecule has 0 radical (unpaired) electrons. The van der Waals surface area contributed by atoms with E-state index in [4.69, 9.17) is 4.43 Å². The maximum absolute atomic E-state index is 12.2. The lowest BCUT2D eigenvalue weighted by Gasteiger charge is -2.36. The van der Waals surface area contributed by atoms with E-state index in [-0.39, 0.29) is 10.6 Å². The van der Waals surface area contributed by atoms with Crippen LogP contribution in [0.1, 0.15) is 26.3 Å². The van der Waals surface area contributed by atoms with E-state index in [1.807, 2.05) is 42.5 Å². The van der Waals surface area contributed by atoms with E-state index in [1.54, 1.807) is 16.8 Å². The van der Waals surface area contributed by atoms with Crippen LogP contribution in [0, 0.1) is 0 Å². The van der Waals surface area contributed by atoms with Crippen molar-refractivity contribution in [2.45, 2.75) is 51.9 Å². The molecule has 0 saturated carbocycles. The summed E-state index contributed by atoms with van der Waals surface area (Å²) < 4.78 is 7.88. The van der Waals surface area contributed by atoms with Crippen LogP contribution in [0.5, 0.6) is 5.75 Å². The fourth-order valence-electron chi connectivity index (χ4n) is 2.78. The maximum atomic E-state index is 12.2. The molecular formula is C24H30N2O2Si. The Hall–Kier alpha value is -2.66. The SMILES string of the molecule is CC(C)(C)[Si](C)(C)Oc1ccc(CCn2nc(-c3ccccc3)ccc2=O)cc1. The quantitative estimate of drug-likeness (QED) is 0.505. The zero-order chi connectivity index (χ0) is 21.1. The molecule has 1 heterocycles. The molecule has 0 atom stereocenters. The molecule has 3 rings (SSSR count). The van der Waals surface area contributed by atoms with Crippen LogP contribution < -0.4 is 9.99 Å². The molecule has 4 nitrogen and oxygen atoms in total. The van der Waals surface area contributed by atoms with Crippen LogP contribution in [0.15, 0.2) is 71.5 Å².